The highest BCUT2D eigenvalue weighted by molar-refractivity contribution is 7.10. The highest BCUT2D eigenvalue weighted by Gasteiger charge is 2.46. The van der Waals surface area contributed by atoms with Crippen LogP contribution in [0.3, 0.4) is 0 Å². The Bertz CT molecular complexity index is 1230. The summed E-state index contributed by atoms with van der Waals surface area (Å²) in [5.74, 6) is -1.52. The molecule has 5 nitrogen and oxygen atoms in total. The van der Waals surface area contributed by atoms with Gasteiger partial charge >= 0.3 is 0 Å². The summed E-state index contributed by atoms with van der Waals surface area (Å²) in [5.41, 5.74) is 2.99. The van der Waals surface area contributed by atoms with Gasteiger partial charge in [0.25, 0.3) is 11.7 Å². The third-order valence-corrected chi connectivity index (χ3v) is 6.71. The van der Waals surface area contributed by atoms with Crippen LogP contribution in [0.5, 0.6) is 5.75 Å². The number of aliphatic hydroxyl groups excluding tert-OH is 1. The van der Waals surface area contributed by atoms with Crippen LogP contribution >= 0.6 is 11.3 Å². The number of carbonyl (C=O) groups excluding carboxylic acids is 2. The molecule has 1 saturated heterocycles. The Morgan fingerprint density at radius 3 is 2.52 bits per heavy atom. The van der Waals surface area contributed by atoms with E-state index in [0.29, 0.717) is 17.7 Å². The molecule has 1 unspecified atom stereocenters. The summed E-state index contributed by atoms with van der Waals surface area (Å²) >= 11 is 1.41. The second kappa shape index (κ2) is 9.19. The van der Waals surface area contributed by atoms with Gasteiger partial charge in [-0.2, -0.15) is 0 Å². The molecular formula is C26H24FNO4S. The third kappa shape index (κ3) is 4.28. The van der Waals surface area contributed by atoms with Crippen molar-refractivity contribution in [1.29, 1.82) is 0 Å². The maximum atomic E-state index is 13.3. The Hall–Kier alpha value is -3.45. The smallest absolute Gasteiger partial charge is 0.295 e. The Morgan fingerprint density at radius 1 is 1.15 bits per heavy atom. The summed E-state index contributed by atoms with van der Waals surface area (Å²) in [5, 5.41) is 13.2. The monoisotopic (exact) mass is 465 g/mol. The van der Waals surface area contributed by atoms with Crippen LogP contribution in [-0.2, 0) is 16.0 Å². The van der Waals surface area contributed by atoms with Crippen LogP contribution in [-0.4, -0.2) is 35.4 Å². The number of Topliss-reactive ketones (excluding diaryl/α,β-unsaturated/α-hetero) is 1. The summed E-state index contributed by atoms with van der Waals surface area (Å²) in [6, 6.07) is 12.7. The Kier molecular flexibility index (Phi) is 6.33. The zero-order valence-electron chi connectivity index (χ0n) is 18.6. The third-order valence-electron chi connectivity index (χ3n) is 5.79. The molecule has 1 fully saturated rings. The van der Waals surface area contributed by atoms with Crippen LogP contribution in [0.15, 0.2) is 59.5 Å². The summed E-state index contributed by atoms with van der Waals surface area (Å²) in [4.78, 5) is 28.5. The molecule has 0 aliphatic carbocycles. The highest BCUT2D eigenvalue weighted by Crippen LogP contribution is 2.43. The van der Waals surface area contributed by atoms with Gasteiger partial charge in [-0.15, -0.1) is 11.3 Å². The van der Waals surface area contributed by atoms with Crippen LogP contribution in [0.25, 0.3) is 5.76 Å². The van der Waals surface area contributed by atoms with Crippen molar-refractivity contribution in [1.82, 2.24) is 4.90 Å². The van der Waals surface area contributed by atoms with Crippen LogP contribution < -0.4 is 4.74 Å². The molecule has 2 aromatic carbocycles. The van der Waals surface area contributed by atoms with E-state index in [1.54, 1.807) is 18.2 Å². The zero-order chi connectivity index (χ0) is 23.7. The van der Waals surface area contributed by atoms with Crippen LogP contribution in [0.2, 0.25) is 0 Å². The van der Waals surface area contributed by atoms with E-state index in [-0.39, 0.29) is 23.7 Å². The first-order chi connectivity index (χ1) is 15.8. The maximum Gasteiger partial charge on any atom is 0.295 e. The molecule has 170 valence electrons. The number of aliphatic hydroxyl groups is 1. The molecule has 0 bridgehead atoms. The summed E-state index contributed by atoms with van der Waals surface area (Å²) < 4.78 is 18.8. The molecule has 1 N–H and O–H groups in total. The van der Waals surface area contributed by atoms with E-state index in [1.807, 2.05) is 37.4 Å². The second-order valence-corrected chi connectivity index (χ2v) is 9.03. The lowest BCUT2D eigenvalue weighted by Crippen LogP contribution is -2.31. The first kappa shape index (κ1) is 22.7. The fourth-order valence-corrected chi connectivity index (χ4v) is 5.15. The molecule has 1 aliphatic heterocycles. The van der Waals surface area contributed by atoms with Gasteiger partial charge in [-0.3, -0.25) is 9.59 Å². The Balaban J connectivity index is 1.80. The van der Waals surface area contributed by atoms with E-state index in [9.17, 15) is 19.1 Å². The van der Waals surface area contributed by atoms with Gasteiger partial charge in [-0.05, 0) is 66.6 Å². The highest BCUT2D eigenvalue weighted by atomic mass is 32.1. The van der Waals surface area contributed by atoms with Crippen molar-refractivity contribution < 1.29 is 23.8 Å². The van der Waals surface area contributed by atoms with Crippen LogP contribution in [0.4, 0.5) is 4.39 Å². The topological polar surface area (TPSA) is 66.8 Å². The number of halogens is 1. The number of hydrogen-bond donors (Lipinski definition) is 1. The van der Waals surface area contributed by atoms with Crippen molar-refractivity contribution in [2.75, 3.05) is 13.7 Å². The van der Waals surface area contributed by atoms with Crippen LogP contribution in [0, 0.1) is 19.7 Å². The van der Waals surface area contributed by atoms with Gasteiger partial charge in [0.2, 0.25) is 0 Å². The number of nitrogens with zero attached hydrogens (tertiary/aromatic N) is 1. The standard InChI is InChI=1S/C26H24FNO4S/c1-15-13-16(2)25(32-3)19(14-15)23(29)21-22(20-5-4-12-33-20)28(26(31)24(21)30)11-10-17-6-8-18(27)9-7-17/h4-9,12-14,22,29H,10-11H2,1-3H3/b23-21-. The second-order valence-electron chi connectivity index (χ2n) is 8.05. The number of carbonyl (C=O) groups is 2. The predicted molar refractivity (Wildman–Crippen MR) is 126 cm³/mol. The van der Waals surface area contributed by atoms with Gasteiger partial charge in [0.1, 0.15) is 17.3 Å². The number of methoxy groups -OCH3 is 1. The van der Waals surface area contributed by atoms with E-state index in [0.717, 1.165) is 21.6 Å². The molecular weight excluding hydrogens is 441 g/mol. The fraction of sp³-hybridized carbons (Fsp3) is 0.231. The van der Waals surface area contributed by atoms with Crippen LogP contribution in [0.1, 0.15) is 33.2 Å². The van der Waals surface area contributed by atoms with Gasteiger partial charge in [0, 0.05) is 11.4 Å². The number of rotatable bonds is 6. The molecule has 1 aliphatic rings. The number of thiophene rings is 1. The number of likely N-dealkylation sites (tertiary alicyclic amines) is 1. The molecule has 0 spiro atoms. The van der Waals surface area contributed by atoms with Crippen molar-refractivity contribution in [3.8, 4) is 5.75 Å². The van der Waals surface area contributed by atoms with Gasteiger partial charge in [0.15, 0.2) is 0 Å². The average Bonchev–Trinajstić information content (AvgIpc) is 3.40. The van der Waals surface area contributed by atoms with E-state index in [4.69, 9.17) is 4.74 Å². The minimum atomic E-state index is -0.730. The minimum absolute atomic E-state index is 0.0462. The van der Waals surface area contributed by atoms with Crippen molar-refractivity contribution in [3.63, 3.8) is 0 Å². The van der Waals surface area contributed by atoms with Crippen molar-refractivity contribution in [2.24, 2.45) is 0 Å². The number of aryl methyl sites for hydroxylation is 2. The molecule has 7 heteroatoms. The lowest BCUT2D eigenvalue weighted by atomic mass is 9.96. The number of amides is 1. The van der Waals surface area contributed by atoms with Gasteiger partial charge in [-0.25, -0.2) is 4.39 Å². The van der Waals surface area contributed by atoms with E-state index in [2.05, 4.69) is 0 Å². The molecule has 4 rings (SSSR count). The first-order valence-electron chi connectivity index (χ1n) is 10.5. The maximum absolute atomic E-state index is 13.3. The van der Waals surface area contributed by atoms with Gasteiger partial charge in [0.05, 0.1) is 24.3 Å². The quantitative estimate of drug-likeness (QED) is 0.310. The summed E-state index contributed by atoms with van der Waals surface area (Å²) in [7, 11) is 1.51. The summed E-state index contributed by atoms with van der Waals surface area (Å²) in [6.45, 7) is 4.00. The number of benzene rings is 2. The summed E-state index contributed by atoms with van der Waals surface area (Å²) in [6.07, 6.45) is 0.447. The molecule has 33 heavy (non-hydrogen) atoms. The van der Waals surface area contributed by atoms with Gasteiger partial charge < -0.3 is 14.7 Å². The Morgan fingerprint density at radius 2 is 1.88 bits per heavy atom. The van der Waals surface area contributed by atoms with E-state index >= 15 is 0 Å². The van der Waals surface area contributed by atoms with Crippen molar-refractivity contribution in [2.45, 2.75) is 26.3 Å². The molecule has 1 amide bonds. The van der Waals surface area contributed by atoms with E-state index in [1.165, 1.54) is 35.5 Å². The zero-order valence-corrected chi connectivity index (χ0v) is 19.4. The van der Waals surface area contributed by atoms with E-state index < -0.39 is 17.7 Å². The molecule has 1 atom stereocenters. The van der Waals surface area contributed by atoms with Gasteiger partial charge in [-0.1, -0.05) is 24.3 Å². The average molecular weight is 466 g/mol. The predicted octanol–water partition coefficient (Wildman–Crippen LogP) is 5.18. The normalized spacial score (nSPS) is 17.6. The lowest BCUT2D eigenvalue weighted by Gasteiger charge is -2.24. The minimum Gasteiger partial charge on any atom is -0.507 e. The number of ether oxygens (including phenoxy) is 1. The number of hydrogen-bond acceptors (Lipinski definition) is 5. The molecule has 2 heterocycles. The molecule has 1 aromatic heterocycles. The molecule has 3 aromatic rings. The lowest BCUT2D eigenvalue weighted by molar-refractivity contribution is -0.139. The first-order valence-corrected chi connectivity index (χ1v) is 11.4. The largest absolute Gasteiger partial charge is 0.507 e. The molecule has 0 radical (unpaired) electrons. The van der Waals surface area contributed by atoms with Crippen molar-refractivity contribution in [3.05, 3.63) is 92.4 Å². The Labute approximate surface area is 195 Å². The number of ketones is 1. The SMILES string of the molecule is COc1c(C)cc(C)cc1/C(O)=C1/C(=O)C(=O)N(CCc2ccc(F)cc2)C1c1cccs1. The molecule has 0 saturated carbocycles. The van der Waals surface area contributed by atoms with Crippen molar-refractivity contribution >= 4 is 28.8 Å². The fourth-order valence-electron chi connectivity index (χ4n) is 4.30.